The Hall–Kier alpha value is -2.09. The van der Waals surface area contributed by atoms with E-state index in [1.54, 1.807) is 24.3 Å². The van der Waals surface area contributed by atoms with E-state index < -0.39 is 30.3 Å². The molecule has 3 fully saturated rings. The van der Waals surface area contributed by atoms with E-state index >= 15 is 0 Å². The Labute approximate surface area is 164 Å². The van der Waals surface area contributed by atoms with Crippen LogP contribution in [0.25, 0.3) is 0 Å². The molecule has 144 valence electrons. The number of carbonyl (C=O) groups excluding carboxylic acids is 3. The van der Waals surface area contributed by atoms with Crippen molar-refractivity contribution >= 4 is 39.5 Å². The molecule has 1 heterocycles. The second-order valence-electron chi connectivity index (χ2n) is 7.05. The highest BCUT2D eigenvalue weighted by molar-refractivity contribution is 9.09. The Morgan fingerprint density at radius 2 is 2.07 bits per heavy atom. The zero-order valence-electron chi connectivity index (χ0n) is 14.7. The summed E-state index contributed by atoms with van der Waals surface area (Å²) in [6.07, 6.45) is 0.625. The molecule has 0 radical (unpaired) electrons. The van der Waals surface area contributed by atoms with E-state index in [1.807, 2.05) is 6.92 Å². The third-order valence-electron chi connectivity index (χ3n) is 5.60. The molecule has 7 nitrogen and oxygen atoms in total. The molecule has 1 aromatic carbocycles. The van der Waals surface area contributed by atoms with Gasteiger partial charge in [-0.1, -0.05) is 28.1 Å². The number of ether oxygens (including phenoxy) is 3. The normalized spacial score (nSPS) is 32.9. The average molecular weight is 438 g/mol. The van der Waals surface area contributed by atoms with E-state index in [-0.39, 0.29) is 28.7 Å². The van der Waals surface area contributed by atoms with Crippen LogP contribution < -0.4 is 10.1 Å². The van der Waals surface area contributed by atoms with Crippen LogP contribution in [0.5, 0.6) is 5.75 Å². The molecule has 0 unspecified atom stereocenters. The molecule has 2 saturated carbocycles. The first-order valence-electron chi connectivity index (χ1n) is 9.04. The number of rotatable bonds is 6. The highest BCUT2D eigenvalue weighted by Crippen LogP contribution is 2.60. The van der Waals surface area contributed by atoms with Crippen LogP contribution in [0, 0.1) is 23.7 Å². The molecular formula is C19H20BrNO6. The van der Waals surface area contributed by atoms with Crippen LogP contribution in [-0.4, -0.2) is 42.0 Å². The number of benzene rings is 1. The minimum absolute atomic E-state index is 0.00527. The van der Waals surface area contributed by atoms with Crippen molar-refractivity contribution in [3.05, 3.63) is 24.3 Å². The SMILES string of the molecule is CCOc1ccccc1NC(=O)COC(=O)[C@@H]1[C@H]2C[C@H]3[C@H](OC(=O)[C@@H]31)[C@@H]2Br. The van der Waals surface area contributed by atoms with Crippen molar-refractivity contribution in [3.8, 4) is 5.75 Å². The van der Waals surface area contributed by atoms with Gasteiger partial charge in [-0.15, -0.1) is 0 Å². The Morgan fingerprint density at radius 1 is 1.30 bits per heavy atom. The number of nitrogens with one attached hydrogen (secondary N) is 1. The number of amides is 1. The molecule has 27 heavy (non-hydrogen) atoms. The standard InChI is InChI=1S/C19H20BrNO6/c1-2-25-12-6-4-3-5-11(12)21-13(22)8-26-18(23)14-9-7-10-15(14)19(24)27-17(10)16(9)20/h3-6,9-10,14-17H,2,7-8H2,1H3,(H,21,22)/t9-,10-,14-,15+,16-,17+/m1/s1. The molecule has 4 rings (SSSR count). The maximum absolute atomic E-state index is 12.6. The third-order valence-corrected chi connectivity index (χ3v) is 6.80. The number of hydrogen-bond donors (Lipinski definition) is 1. The van der Waals surface area contributed by atoms with E-state index in [1.165, 1.54) is 0 Å². The van der Waals surface area contributed by atoms with Crippen molar-refractivity contribution in [2.75, 3.05) is 18.5 Å². The van der Waals surface area contributed by atoms with Crippen LogP contribution in [0.4, 0.5) is 5.69 Å². The van der Waals surface area contributed by atoms with E-state index in [2.05, 4.69) is 21.2 Å². The fourth-order valence-electron chi connectivity index (χ4n) is 4.56. The quantitative estimate of drug-likeness (QED) is 0.541. The van der Waals surface area contributed by atoms with Crippen LogP contribution in [0.15, 0.2) is 24.3 Å². The monoisotopic (exact) mass is 437 g/mol. The Balaban J connectivity index is 1.36. The maximum atomic E-state index is 12.6. The van der Waals surface area contributed by atoms with Gasteiger partial charge in [-0.3, -0.25) is 14.4 Å². The number of alkyl halides is 1. The number of para-hydroxylation sites is 2. The zero-order valence-corrected chi connectivity index (χ0v) is 16.3. The number of carbonyl (C=O) groups is 3. The molecule has 2 aliphatic carbocycles. The van der Waals surface area contributed by atoms with Gasteiger partial charge in [-0.25, -0.2) is 0 Å². The van der Waals surface area contributed by atoms with Crippen molar-refractivity contribution in [2.24, 2.45) is 23.7 Å². The molecule has 1 amide bonds. The van der Waals surface area contributed by atoms with Crippen LogP contribution in [0.2, 0.25) is 0 Å². The highest BCUT2D eigenvalue weighted by atomic mass is 79.9. The van der Waals surface area contributed by atoms with E-state index in [0.717, 1.165) is 6.42 Å². The van der Waals surface area contributed by atoms with Gasteiger partial charge in [-0.2, -0.15) is 0 Å². The van der Waals surface area contributed by atoms with Gasteiger partial charge in [0.25, 0.3) is 5.91 Å². The lowest BCUT2D eigenvalue weighted by atomic mass is 9.80. The van der Waals surface area contributed by atoms with Gasteiger partial charge in [0.05, 0.1) is 29.0 Å². The number of esters is 2. The lowest BCUT2D eigenvalue weighted by molar-refractivity contribution is -0.157. The fourth-order valence-corrected chi connectivity index (χ4v) is 5.61. The minimum atomic E-state index is -0.547. The van der Waals surface area contributed by atoms with Gasteiger partial charge in [-0.05, 0) is 31.4 Å². The number of anilines is 1. The molecule has 1 aromatic rings. The van der Waals surface area contributed by atoms with Gasteiger partial charge in [0.15, 0.2) is 6.61 Å². The van der Waals surface area contributed by atoms with Crippen LogP contribution >= 0.6 is 15.9 Å². The molecule has 1 saturated heterocycles. The van der Waals surface area contributed by atoms with Crippen molar-refractivity contribution in [1.29, 1.82) is 0 Å². The van der Waals surface area contributed by atoms with Gasteiger partial charge < -0.3 is 19.5 Å². The minimum Gasteiger partial charge on any atom is -0.492 e. The predicted octanol–water partition coefficient (Wildman–Crippen LogP) is 2.14. The summed E-state index contributed by atoms with van der Waals surface area (Å²) >= 11 is 3.55. The van der Waals surface area contributed by atoms with Crippen LogP contribution in [0.1, 0.15) is 13.3 Å². The second-order valence-corrected chi connectivity index (χ2v) is 8.10. The molecule has 8 heteroatoms. The molecule has 1 N–H and O–H groups in total. The summed E-state index contributed by atoms with van der Waals surface area (Å²) in [5, 5.41) is 2.68. The first-order chi connectivity index (χ1) is 13.0. The van der Waals surface area contributed by atoms with Gasteiger partial charge in [0, 0.05) is 5.92 Å². The largest absolute Gasteiger partial charge is 0.492 e. The van der Waals surface area contributed by atoms with E-state index in [9.17, 15) is 14.4 Å². The van der Waals surface area contributed by atoms with Crippen molar-refractivity contribution < 1.29 is 28.6 Å². The van der Waals surface area contributed by atoms with E-state index in [4.69, 9.17) is 14.2 Å². The molecule has 1 aliphatic heterocycles. The topological polar surface area (TPSA) is 90.9 Å². The second kappa shape index (κ2) is 7.14. The summed E-state index contributed by atoms with van der Waals surface area (Å²) in [5.74, 6) is -1.66. The maximum Gasteiger partial charge on any atom is 0.310 e. The average Bonchev–Trinajstić information content (AvgIpc) is 3.26. The van der Waals surface area contributed by atoms with Gasteiger partial charge in [0.2, 0.25) is 0 Å². The number of fused-ring (bicyclic) bond motifs is 1. The van der Waals surface area contributed by atoms with Gasteiger partial charge in [0.1, 0.15) is 11.9 Å². The molecule has 6 atom stereocenters. The van der Waals surface area contributed by atoms with Crippen LogP contribution in [0.3, 0.4) is 0 Å². The van der Waals surface area contributed by atoms with Crippen molar-refractivity contribution in [2.45, 2.75) is 24.3 Å². The number of hydrogen-bond acceptors (Lipinski definition) is 6. The first-order valence-corrected chi connectivity index (χ1v) is 9.95. The fraction of sp³-hybridized carbons (Fsp3) is 0.526. The van der Waals surface area contributed by atoms with Crippen molar-refractivity contribution in [1.82, 2.24) is 0 Å². The predicted molar refractivity (Wildman–Crippen MR) is 98.4 cm³/mol. The lowest BCUT2D eigenvalue weighted by Gasteiger charge is -2.26. The summed E-state index contributed by atoms with van der Waals surface area (Å²) in [4.78, 5) is 36.8. The number of halogens is 1. The summed E-state index contributed by atoms with van der Waals surface area (Å²) in [6, 6.07) is 7.04. The Bertz CT molecular complexity index is 783. The Morgan fingerprint density at radius 3 is 2.85 bits per heavy atom. The lowest BCUT2D eigenvalue weighted by Crippen LogP contribution is -2.39. The smallest absolute Gasteiger partial charge is 0.310 e. The first kappa shape index (κ1) is 18.3. The van der Waals surface area contributed by atoms with E-state index in [0.29, 0.717) is 18.0 Å². The van der Waals surface area contributed by atoms with Crippen LogP contribution in [-0.2, 0) is 23.9 Å². The molecule has 2 bridgehead atoms. The summed E-state index contributed by atoms with van der Waals surface area (Å²) in [6.45, 7) is 1.91. The summed E-state index contributed by atoms with van der Waals surface area (Å²) in [5.41, 5.74) is 0.517. The molecule has 0 spiro atoms. The Kier molecular flexibility index (Phi) is 4.84. The molecule has 3 aliphatic rings. The summed E-state index contributed by atoms with van der Waals surface area (Å²) < 4.78 is 16.1. The summed E-state index contributed by atoms with van der Waals surface area (Å²) in [7, 11) is 0. The highest BCUT2D eigenvalue weighted by Gasteiger charge is 2.68. The van der Waals surface area contributed by atoms with Gasteiger partial charge >= 0.3 is 11.9 Å². The zero-order chi connectivity index (χ0) is 19.1. The molecular weight excluding hydrogens is 418 g/mol. The van der Waals surface area contributed by atoms with Crippen molar-refractivity contribution in [3.63, 3.8) is 0 Å². The molecule has 0 aromatic heterocycles. The third kappa shape index (κ3) is 3.09.